The maximum Gasteiger partial charge on any atom is 0.254 e. The fraction of sp³-hybridized carbons (Fsp3) is 0.450. The van der Waals surface area contributed by atoms with Gasteiger partial charge in [0.1, 0.15) is 0 Å². The number of rotatable bonds is 4. The standard InChI is InChI=1S/C20H28N2O/c1-7-13-22-14(2)17(16-11-9-8-10-12-16)18(15(22)3)19(23)21-20(4,5)6/h8-12H,7,13H2,1-6H3,(H,21,23). The van der Waals surface area contributed by atoms with Crippen molar-refractivity contribution in [1.29, 1.82) is 0 Å². The molecule has 0 unspecified atom stereocenters. The molecule has 2 rings (SSSR count). The van der Waals surface area contributed by atoms with E-state index in [1.165, 1.54) is 0 Å². The summed E-state index contributed by atoms with van der Waals surface area (Å²) in [7, 11) is 0. The Balaban J connectivity index is 2.64. The molecule has 0 saturated carbocycles. The summed E-state index contributed by atoms with van der Waals surface area (Å²) in [5.41, 5.74) is 4.91. The molecule has 0 saturated heterocycles. The van der Waals surface area contributed by atoms with Crippen molar-refractivity contribution in [2.45, 2.75) is 60.0 Å². The van der Waals surface area contributed by atoms with Gasteiger partial charge in [-0.2, -0.15) is 0 Å². The van der Waals surface area contributed by atoms with Gasteiger partial charge in [-0.3, -0.25) is 4.79 Å². The number of nitrogens with one attached hydrogen (secondary N) is 1. The van der Waals surface area contributed by atoms with Crippen LogP contribution in [0.15, 0.2) is 30.3 Å². The highest BCUT2D eigenvalue weighted by Crippen LogP contribution is 2.32. The van der Waals surface area contributed by atoms with Crippen LogP contribution in [0.2, 0.25) is 0 Å². The van der Waals surface area contributed by atoms with E-state index in [9.17, 15) is 4.79 Å². The van der Waals surface area contributed by atoms with E-state index in [0.29, 0.717) is 0 Å². The van der Waals surface area contributed by atoms with E-state index in [4.69, 9.17) is 0 Å². The second-order valence-electron chi connectivity index (χ2n) is 7.14. The smallest absolute Gasteiger partial charge is 0.254 e. The van der Waals surface area contributed by atoms with Gasteiger partial charge in [0.25, 0.3) is 5.91 Å². The molecule has 1 aromatic carbocycles. The van der Waals surface area contributed by atoms with Crippen molar-refractivity contribution in [3.8, 4) is 11.1 Å². The van der Waals surface area contributed by atoms with Gasteiger partial charge in [0.05, 0.1) is 5.56 Å². The number of hydrogen-bond acceptors (Lipinski definition) is 1. The van der Waals surface area contributed by atoms with E-state index in [1.54, 1.807) is 0 Å². The average Bonchev–Trinajstić information content (AvgIpc) is 2.71. The number of carbonyl (C=O) groups excluding carboxylic acids is 1. The Bertz CT molecular complexity index is 691. The molecule has 23 heavy (non-hydrogen) atoms. The van der Waals surface area contributed by atoms with Gasteiger partial charge in [0, 0.05) is 29.0 Å². The van der Waals surface area contributed by atoms with Crippen LogP contribution in [-0.2, 0) is 6.54 Å². The Labute approximate surface area is 139 Å². The summed E-state index contributed by atoms with van der Waals surface area (Å²) < 4.78 is 2.26. The van der Waals surface area contributed by atoms with Gasteiger partial charge in [-0.1, -0.05) is 37.3 Å². The first kappa shape index (κ1) is 17.3. The molecule has 124 valence electrons. The van der Waals surface area contributed by atoms with Crippen LogP contribution in [-0.4, -0.2) is 16.0 Å². The molecule has 1 N–H and O–H groups in total. The minimum absolute atomic E-state index is 0.00630. The molecular formula is C20H28N2O. The molecule has 3 nitrogen and oxygen atoms in total. The Morgan fingerprint density at radius 1 is 1.09 bits per heavy atom. The minimum atomic E-state index is -0.252. The Kier molecular flexibility index (Phi) is 4.98. The van der Waals surface area contributed by atoms with Crippen LogP contribution >= 0.6 is 0 Å². The predicted molar refractivity (Wildman–Crippen MR) is 96.9 cm³/mol. The maximum atomic E-state index is 12.9. The molecule has 0 fully saturated rings. The summed E-state index contributed by atoms with van der Waals surface area (Å²) in [6, 6.07) is 10.2. The predicted octanol–water partition coefficient (Wildman–Crippen LogP) is 4.71. The zero-order valence-corrected chi connectivity index (χ0v) is 15.2. The van der Waals surface area contributed by atoms with E-state index in [2.05, 4.69) is 35.9 Å². The summed E-state index contributed by atoms with van der Waals surface area (Å²) in [5.74, 6) is 0.00630. The number of carbonyl (C=O) groups is 1. The number of aromatic nitrogens is 1. The number of hydrogen-bond donors (Lipinski definition) is 1. The molecule has 0 aliphatic heterocycles. The second kappa shape index (κ2) is 6.61. The van der Waals surface area contributed by atoms with Crippen LogP contribution in [0.4, 0.5) is 0 Å². The zero-order valence-electron chi connectivity index (χ0n) is 15.2. The van der Waals surface area contributed by atoms with E-state index < -0.39 is 0 Å². The highest BCUT2D eigenvalue weighted by Gasteiger charge is 2.26. The molecule has 0 radical (unpaired) electrons. The molecule has 0 atom stereocenters. The van der Waals surface area contributed by atoms with Gasteiger partial charge in [-0.05, 0) is 46.6 Å². The molecule has 1 heterocycles. The quantitative estimate of drug-likeness (QED) is 0.871. The molecule has 0 aliphatic rings. The van der Waals surface area contributed by atoms with Gasteiger partial charge in [0.2, 0.25) is 0 Å². The lowest BCUT2D eigenvalue weighted by Gasteiger charge is -2.21. The molecule has 0 spiro atoms. The second-order valence-corrected chi connectivity index (χ2v) is 7.14. The van der Waals surface area contributed by atoms with Gasteiger partial charge < -0.3 is 9.88 Å². The molecule has 1 aromatic heterocycles. The summed E-state index contributed by atoms with van der Waals surface area (Å²) >= 11 is 0. The fourth-order valence-electron chi connectivity index (χ4n) is 3.08. The molecule has 3 heteroatoms. The highest BCUT2D eigenvalue weighted by molar-refractivity contribution is 6.03. The third-order valence-corrected chi connectivity index (χ3v) is 4.01. The number of benzene rings is 1. The van der Waals surface area contributed by atoms with Gasteiger partial charge in [0.15, 0.2) is 0 Å². The van der Waals surface area contributed by atoms with Crippen LogP contribution in [0.25, 0.3) is 11.1 Å². The average molecular weight is 312 g/mol. The Hall–Kier alpha value is -2.03. The van der Waals surface area contributed by atoms with Crippen molar-refractivity contribution < 1.29 is 4.79 Å². The van der Waals surface area contributed by atoms with Gasteiger partial charge in [-0.15, -0.1) is 0 Å². The highest BCUT2D eigenvalue weighted by atomic mass is 16.1. The monoisotopic (exact) mass is 312 g/mol. The first-order chi connectivity index (χ1) is 10.8. The first-order valence-corrected chi connectivity index (χ1v) is 8.34. The molecule has 1 amide bonds. The third kappa shape index (κ3) is 3.66. The summed E-state index contributed by atoms with van der Waals surface area (Å²) in [6.45, 7) is 13.3. The van der Waals surface area contributed by atoms with Crippen molar-refractivity contribution in [1.82, 2.24) is 9.88 Å². The summed E-state index contributed by atoms with van der Waals surface area (Å²) in [6.07, 6.45) is 1.05. The number of nitrogens with zero attached hydrogens (tertiary/aromatic N) is 1. The van der Waals surface area contributed by atoms with Crippen molar-refractivity contribution in [2.75, 3.05) is 0 Å². The molecule has 0 bridgehead atoms. The van der Waals surface area contributed by atoms with E-state index >= 15 is 0 Å². The lowest BCUT2D eigenvalue weighted by Crippen LogP contribution is -2.40. The van der Waals surface area contributed by atoms with Gasteiger partial charge in [-0.25, -0.2) is 0 Å². The van der Waals surface area contributed by atoms with Crippen LogP contribution in [0.3, 0.4) is 0 Å². The Morgan fingerprint density at radius 2 is 1.70 bits per heavy atom. The van der Waals surface area contributed by atoms with E-state index in [1.807, 2.05) is 45.9 Å². The van der Waals surface area contributed by atoms with Crippen LogP contribution in [0.1, 0.15) is 55.9 Å². The molecule has 2 aromatic rings. The van der Waals surface area contributed by atoms with Crippen molar-refractivity contribution in [3.05, 3.63) is 47.3 Å². The normalized spacial score (nSPS) is 11.6. The van der Waals surface area contributed by atoms with Crippen LogP contribution < -0.4 is 5.32 Å². The fourth-order valence-corrected chi connectivity index (χ4v) is 3.08. The summed E-state index contributed by atoms with van der Waals surface area (Å²) in [5, 5.41) is 3.12. The maximum absolute atomic E-state index is 12.9. The molecule has 0 aliphatic carbocycles. The zero-order chi connectivity index (χ0) is 17.2. The Morgan fingerprint density at radius 3 is 2.22 bits per heavy atom. The van der Waals surface area contributed by atoms with Crippen molar-refractivity contribution in [2.24, 2.45) is 0 Å². The van der Waals surface area contributed by atoms with Crippen molar-refractivity contribution in [3.63, 3.8) is 0 Å². The van der Waals surface area contributed by atoms with Crippen LogP contribution in [0.5, 0.6) is 0 Å². The van der Waals surface area contributed by atoms with Crippen LogP contribution in [0, 0.1) is 13.8 Å². The summed E-state index contributed by atoms with van der Waals surface area (Å²) in [4.78, 5) is 12.9. The minimum Gasteiger partial charge on any atom is -0.348 e. The lowest BCUT2D eigenvalue weighted by atomic mass is 9.99. The SMILES string of the molecule is CCCn1c(C)c(C(=O)NC(C)(C)C)c(-c2ccccc2)c1C. The topological polar surface area (TPSA) is 34.0 Å². The molecular weight excluding hydrogens is 284 g/mol. The lowest BCUT2D eigenvalue weighted by molar-refractivity contribution is 0.0919. The van der Waals surface area contributed by atoms with Crippen molar-refractivity contribution >= 4 is 5.91 Å². The van der Waals surface area contributed by atoms with E-state index in [-0.39, 0.29) is 11.4 Å². The number of amides is 1. The van der Waals surface area contributed by atoms with Gasteiger partial charge >= 0.3 is 0 Å². The third-order valence-electron chi connectivity index (χ3n) is 4.01. The largest absolute Gasteiger partial charge is 0.348 e. The first-order valence-electron chi connectivity index (χ1n) is 8.34. The van der Waals surface area contributed by atoms with E-state index in [0.717, 1.165) is 41.0 Å².